The first kappa shape index (κ1) is 22.3. The van der Waals surface area contributed by atoms with Crippen molar-refractivity contribution in [2.45, 2.75) is 13.0 Å². The number of nitrogens with one attached hydrogen (secondary N) is 1. The number of esters is 1. The first-order valence-corrected chi connectivity index (χ1v) is 9.30. The van der Waals surface area contributed by atoms with Crippen molar-refractivity contribution in [1.29, 1.82) is 0 Å². The summed E-state index contributed by atoms with van der Waals surface area (Å²) >= 11 is 0. The number of nitro benzene ring substituents is 1. The van der Waals surface area contributed by atoms with Gasteiger partial charge in [-0.15, -0.1) is 0 Å². The Balaban J connectivity index is 2.01. The SMILES string of the molecule is COC(=O)[C@@H](C)Oc1c(OC)cc(/C=C2/C(=O)NN(c3ccccc3)C2=O)cc1[N+](=O)[O-]. The highest BCUT2D eigenvalue weighted by Gasteiger charge is 2.35. The van der Waals surface area contributed by atoms with Crippen molar-refractivity contribution in [2.24, 2.45) is 0 Å². The number of rotatable bonds is 7. The summed E-state index contributed by atoms with van der Waals surface area (Å²) in [6.07, 6.45) is 0.0716. The van der Waals surface area contributed by atoms with Gasteiger partial charge in [-0.05, 0) is 36.8 Å². The third-order valence-electron chi connectivity index (χ3n) is 4.52. The van der Waals surface area contributed by atoms with E-state index in [1.807, 2.05) is 0 Å². The average molecular weight is 441 g/mol. The van der Waals surface area contributed by atoms with Gasteiger partial charge in [0.25, 0.3) is 11.8 Å². The van der Waals surface area contributed by atoms with Gasteiger partial charge in [-0.3, -0.25) is 25.1 Å². The number of nitrogens with zero attached hydrogens (tertiary/aromatic N) is 2. The van der Waals surface area contributed by atoms with E-state index in [1.165, 1.54) is 26.2 Å². The molecule has 3 rings (SSSR count). The van der Waals surface area contributed by atoms with Gasteiger partial charge in [-0.2, -0.15) is 0 Å². The van der Waals surface area contributed by atoms with Gasteiger partial charge in [0.15, 0.2) is 11.9 Å². The molecule has 0 aliphatic carbocycles. The predicted octanol–water partition coefficient (Wildman–Crippen LogP) is 2.01. The Hall–Kier alpha value is -4.41. The molecule has 0 unspecified atom stereocenters. The highest BCUT2D eigenvalue weighted by molar-refractivity contribution is 6.31. The van der Waals surface area contributed by atoms with E-state index in [4.69, 9.17) is 9.47 Å². The molecule has 0 bridgehead atoms. The molecule has 1 N–H and O–H groups in total. The van der Waals surface area contributed by atoms with Gasteiger partial charge in [0.1, 0.15) is 5.57 Å². The zero-order valence-corrected chi connectivity index (χ0v) is 17.4. The molecule has 2 aromatic rings. The van der Waals surface area contributed by atoms with E-state index in [-0.39, 0.29) is 22.6 Å². The second-order valence-electron chi connectivity index (χ2n) is 6.59. The number of nitro groups is 1. The van der Waals surface area contributed by atoms with Crippen LogP contribution in [0.5, 0.6) is 11.5 Å². The number of hydrazine groups is 1. The van der Waals surface area contributed by atoms with Crippen LogP contribution in [0.3, 0.4) is 0 Å². The normalized spacial score (nSPS) is 15.3. The zero-order chi connectivity index (χ0) is 23.4. The van der Waals surface area contributed by atoms with E-state index < -0.39 is 34.5 Å². The van der Waals surface area contributed by atoms with E-state index in [0.717, 1.165) is 18.2 Å². The number of carbonyl (C=O) groups excluding carboxylic acids is 3. The number of anilines is 1. The topological polar surface area (TPSA) is 137 Å². The summed E-state index contributed by atoms with van der Waals surface area (Å²) in [7, 11) is 2.42. The molecule has 1 fully saturated rings. The smallest absolute Gasteiger partial charge is 0.346 e. The van der Waals surface area contributed by atoms with Gasteiger partial charge < -0.3 is 14.2 Å². The van der Waals surface area contributed by atoms with Crippen LogP contribution in [-0.2, 0) is 19.1 Å². The molecular weight excluding hydrogens is 422 g/mol. The van der Waals surface area contributed by atoms with Crippen LogP contribution in [0.2, 0.25) is 0 Å². The molecule has 11 heteroatoms. The van der Waals surface area contributed by atoms with Crippen LogP contribution in [0.25, 0.3) is 6.08 Å². The van der Waals surface area contributed by atoms with Crippen LogP contribution in [0.15, 0.2) is 48.0 Å². The fourth-order valence-electron chi connectivity index (χ4n) is 2.97. The molecule has 0 saturated carbocycles. The van der Waals surface area contributed by atoms with Crippen LogP contribution in [0.1, 0.15) is 12.5 Å². The van der Waals surface area contributed by atoms with Crippen molar-refractivity contribution in [3.63, 3.8) is 0 Å². The van der Waals surface area contributed by atoms with Crippen molar-refractivity contribution in [1.82, 2.24) is 5.43 Å². The number of hydrogen-bond donors (Lipinski definition) is 1. The molecule has 1 aliphatic heterocycles. The molecule has 2 amide bonds. The first-order chi connectivity index (χ1) is 15.3. The summed E-state index contributed by atoms with van der Waals surface area (Å²) in [5.74, 6) is -2.37. The molecule has 1 saturated heterocycles. The number of hydrogen-bond acceptors (Lipinski definition) is 8. The van der Waals surface area contributed by atoms with Gasteiger partial charge >= 0.3 is 11.7 Å². The molecule has 0 spiro atoms. The Morgan fingerprint density at radius 3 is 2.47 bits per heavy atom. The Morgan fingerprint density at radius 1 is 1.19 bits per heavy atom. The van der Waals surface area contributed by atoms with Crippen molar-refractivity contribution in [3.8, 4) is 11.5 Å². The Morgan fingerprint density at radius 2 is 1.88 bits per heavy atom. The largest absolute Gasteiger partial charge is 0.493 e. The molecule has 0 aromatic heterocycles. The van der Waals surface area contributed by atoms with E-state index >= 15 is 0 Å². The van der Waals surface area contributed by atoms with Crippen LogP contribution in [0.4, 0.5) is 11.4 Å². The third kappa shape index (κ3) is 4.36. The lowest BCUT2D eigenvalue weighted by molar-refractivity contribution is -0.386. The minimum atomic E-state index is -1.14. The Labute approximate surface area is 182 Å². The summed E-state index contributed by atoms with van der Waals surface area (Å²) in [5, 5.41) is 12.7. The molecule has 166 valence electrons. The number of ether oxygens (including phenoxy) is 3. The highest BCUT2D eigenvalue weighted by atomic mass is 16.6. The van der Waals surface area contributed by atoms with E-state index in [0.29, 0.717) is 5.69 Å². The number of benzene rings is 2. The second kappa shape index (κ2) is 9.16. The van der Waals surface area contributed by atoms with Gasteiger partial charge in [-0.25, -0.2) is 9.80 Å². The van der Waals surface area contributed by atoms with E-state index in [2.05, 4.69) is 10.2 Å². The van der Waals surface area contributed by atoms with Crippen molar-refractivity contribution in [2.75, 3.05) is 19.2 Å². The third-order valence-corrected chi connectivity index (χ3v) is 4.52. The first-order valence-electron chi connectivity index (χ1n) is 9.30. The minimum absolute atomic E-state index is 0.0624. The summed E-state index contributed by atoms with van der Waals surface area (Å²) < 4.78 is 15.2. The Kier molecular flexibility index (Phi) is 6.38. The maximum atomic E-state index is 12.7. The van der Waals surface area contributed by atoms with Gasteiger partial charge in [0, 0.05) is 6.07 Å². The van der Waals surface area contributed by atoms with Crippen LogP contribution >= 0.6 is 0 Å². The maximum absolute atomic E-state index is 12.7. The van der Waals surface area contributed by atoms with Crippen molar-refractivity contribution < 1.29 is 33.5 Å². The number of methoxy groups -OCH3 is 2. The minimum Gasteiger partial charge on any atom is -0.493 e. The van der Waals surface area contributed by atoms with Crippen LogP contribution in [0, 0.1) is 10.1 Å². The summed E-state index contributed by atoms with van der Waals surface area (Å²) in [5.41, 5.74) is 2.32. The van der Waals surface area contributed by atoms with Gasteiger partial charge in [0.05, 0.1) is 24.8 Å². The average Bonchev–Trinajstić information content (AvgIpc) is 3.07. The van der Waals surface area contributed by atoms with Crippen LogP contribution in [-0.4, -0.2) is 43.0 Å². The van der Waals surface area contributed by atoms with Crippen molar-refractivity contribution >= 4 is 35.2 Å². The number of para-hydroxylation sites is 1. The summed E-state index contributed by atoms with van der Waals surface area (Å²) in [6, 6.07) is 10.9. The second-order valence-corrected chi connectivity index (χ2v) is 6.59. The standard InChI is InChI=1S/C21H19N3O8/c1-12(21(27)31-3)32-18-16(24(28)29)10-13(11-17(18)30-2)9-15-19(25)22-23(20(15)26)14-7-5-4-6-8-14/h4-12H,1-3H3,(H,22,25)/b15-9-/t12-/m1/s1. The predicted molar refractivity (Wildman–Crippen MR) is 112 cm³/mol. The molecule has 1 heterocycles. The monoisotopic (exact) mass is 441 g/mol. The molecule has 32 heavy (non-hydrogen) atoms. The summed E-state index contributed by atoms with van der Waals surface area (Å²) in [4.78, 5) is 47.7. The van der Waals surface area contributed by atoms with E-state index in [9.17, 15) is 24.5 Å². The number of amides is 2. The zero-order valence-electron chi connectivity index (χ0n) is 17.4. The molecule has 1 atom stereocenters. The lowest BCUT2D eigenvalue weighted by Gasteiger charge is -2.15. The van der Waals surface area contributed by atoms with E-state index in [1.54, 1.807) is 30.3 Å². The summed E-state index contributed by atoms with van der Waals surface area (Å²) in [6.45, 7) is 1.37. The van der Waals surface area contributed by atoms with Gasteiger partial charge in [-0.1, -0.05) is 18.2 Å². The Bertz CT molecular complexity index is 1110. The quantitative estimate of drug-likeness (QED) is 0.226. The highest BCUT2D eigenvalue weighted by Crippen LogP contribution is 2.40. The van der Waals surface area contributed by atoms with Crippen molar-refractivity contribution in [3.05, 3.63) is 63.7 Å². The molecule has 2 aromatic carbocycles. The fourth-order valence-corrected chi connectivity index (χ4v) is 2.97. The molecule has 11 nitrogen and oxygen atoms in total. The molecule has 0 radical (unpaired) electrons. The lowest BCUT2D eigenvalue weighted by Crippen LogP contribution is -2.35. The molecular formula is C21H19N3O8. The number of carbonyl (C=O) groups is 3. The molecule has 1 aliphatic rings. The lowest BCUT2D eigenvalue weighted by atomic mass is 10.1. The fraction of sp³-hybridized carbons (Fsp3) is 0.190. The van der Waals surface area contributed by atoms with Crippen LogP contribution < -0.4 is 19.9 Å². The maximum Gasteiger partial charge on any atom is 0.346 e. The van der Waals surface area contributed by atoms with Gasteiger partial charge in [0.2, 0.25) is 5.75 Å².